The lowest BCUT2D eigenvalue weighted by Crippen LogP contribution is -2.41. The number of rotatable bonds is 8. The van der Waals surface area contributed by atoms with E-state index in [-0.39, 0.29) is 18.0 Å². The van der Waals surface area contributed by atoms with Crippen molar-refractivity contribution in [2.24, 2.45) is 0 Å². The van der Waals surface area contributed by atoms with Gasteiger partial charge in [-0.25, -0.2) is 0 Å². The molecule has 1 aromatic heterocycles. The number of aromatic nitrogens is 1. The molecule has 26 heavy (non-hydrogen) atoms. The summed E-state index contributed by atoms with van der Waals surface area (Å²) in [4.78, 5) is 13.1. The zero-order valence-corrected chi connectivity index (χ0v) is 15.2. The third-order valence-electron chi connectivity index (χ3n) is 4.73. The first-order valence-electron chi connectivity index (χ1n) is 9.27. The van der Waals surface area contributed by atoms with Crippen LogP contribution in [0.15, 0.2) is 85.2 Å². The highest BCUT2D eigenvalue weighted by Gasteiger charge is 2.22. The smallest absolute Gasteiger partial charge is 0.243 e. The maximum absolute atomic E-state index is 13.1. The van der Waals surface area contributed by atoms with Gasteiger partial charge in [-0.2, -0.15) is 0 Å². The summed E-state index contributed by atoms with van der Waals surface area (Å²) in [5.74, 6) is 0.0767. The second kappa shape index (κ2) is 9.04. The molecule has 0 spiro atoms. The molecular formula is C23H26N2O. The molecule has 0 aliphatic heterocycles. The van der Waals surface area contributed by atoms with Gasteiger partial charge in [0.2, 0.25) is 5.91 Å². The van der Waals surface area contributed by atoms with Gasteiger partial charge in [-0.05, 0) is 36.1 Å². The molecule has 2 aromatic carbocycles. The predicted molar refractivity (Wildman–Crippen MR) is 106 cm³/mol. The summed E-state index contributed by atoms with van der Waals surface area (Å²) in [5, 5.41) is 3.26. The van der Waals surface area contributed by atoms with Crippen LogP contribution in [0, 0.1) is 0 Å². The highest BCUT2D eigenvalue weighted by Crippen LogP contribution is 2.16. The van der Waals surface area contributed by atoms with Crippen molar-refractivity contribution in [3.05, 3.63) is 96.3 Å². The average molecular weight is 346 g/mol. The van der Waals surface area contributed by atoms with Crippen LogP contribution in [0.5, 0.6) is 0 Å². The van der Waals surface area contributed by atoms with Gasteiger partial charge in [0.25, 0.3) is 0 Å². The Morgan fingerprint density at radius 1 is 0.846 bits per heavy atom. The summed E-state index contributed by atoms with van der Waals surface area (Å²) >= 11 is 0. The van der Waals surface area contributed by atoms with Gasteiger partial charge in [0.15, 0.2) is 0 Å². The number of amides is 1. The van der Waals surface area contributed by atoms with E-state index in [1.54, 1.807) is 0 Å². The van der Waals surface area contributed by atoms with Gasteiger partial charge in [-0.3, -0.25) is 4.79 Å². The van der Waals surface area contributed by atoms with Crippen LogP contribution < -0.4 is 5.32 Å². The standard InChI is InChI=1S/C23H26N2O/c1-2-21(17-19-11-5-3-6-12-19)24-23(26)22(25-15-9-10-16-25)18-20-13-7-4-8-14-20/h3-16,21-22H,2,17-18H2,1H3,(H,24,26). The number of nitrogens with one attached hydrogen (secondary N) is 1. The van der Waals surface area contributed by atoms with E-state index in [1.165, 1.54) is 5.56 Å². The predicted octanol–water partition coefficient (Wildman–Crippen LogP) is 4.41. The zero-order chi connectivity index (χ0) is 18.2. The van der Waals surface area contributed by atoms with E-state index in [2.05, 4.69) is 36.5 Å². The Morgan fingerprint density at radius 3 is 1.92 bits per heavy atom. The number of benzene rings is 2. The van der Waals surface area contributed by atoms with E-state index < -0.39 is 0 Å². The molecule has 1 N–H and O–H groups in total. The fourth-order valence-electron chi connectivity index (χ4n) is 3.22. The number of hydrogen-bond acceptors (Lipinski definition) is 1. The van der Waals surface area contributed by atoms with Gasteiger partial charge in [0, 0.05) is 24.9 Å². The Balaban J connectivity index is 1.72. The van der Waals surface area contributed by atoms with Crippen molar-refractivity contribution in [1.29, 1.82) is 0 Å². The molecule has 0 saturated heterocycles. The minimum atomic E-state index is -0.239. The maximum atomic E-state index is 13.1. The van der Waals surface area contributed by atoms with Crippen molar-refractivity contribution in [1.82, 2.24) is 9.88 Å². The first-order chi connectivity index (χ1) is 12.8. The van der Waals surface area contributed by atoms with Gasteiger partial charge in [-0.15, -0.1) is 0 Å². The van der Waals surface area contributed by atoms with Gasteiger partial charge in [0.05, 0.1) is 0 Å². The Kier molecular flexibility index (Phi) is 6.26. The monoisotopic (exact) mass is 346 g/mol. The van der Waals surface area contributed by atoms with Crippen LogP contribution in [0.25, 0.3) is 0 Å². The second-order valence-electron chi connectivity index (χ2n) is 6.64. The van der Waals surface area contributed by atoms with E-state index in [4.69, 9.17) is 0 Å². The summed E-state index contributed by atoms with van der Waals surface area (Å²) in [5.41, 5.74) is 2.41. The Morgan fingerprint density at radius 2 is 1.38 bits per heavy atom. The minimum Gasteiger partial charge on any atom is -0.351 e. The Bertz CT molecular complexity index is 782. The summed E-state index contributed by atoms with van der Waals surface area (Å²) in [6, 6.07) is 24.3. The highest BCUT2D eigenvalue weighted by atomic mass is 16.2. The number of nitrogens with zero attached hydrogens (tertiary/aromatic N) is 1. The SMILES string of the molecule is CCC(Cc1ccccc1)NC(=O)C(Cc1ccccc1)n1cccc1. The van der Waals surface area contributed by atoms with Crippen molar-refractivity contribution in [2.45, 2.75) is 38.3 Å². The fraction of sp³-hybridized carbons (Fsp3) is 0.261. The summed E-state index contributed by atoms with van der Waals surface area (Å²) < 4.78 is 2.00. The first kappa shape index (κ1) is 18.0. The lowest BCUT2D eigenvalue weighted by Gasteiger charge is -2.23. The van der Waals surface area contributed by atoms with Crippen LogP contribution >= 0.6 is 0 Å². The first-order valence-corrected chi connectivity index (χ1v) is 9.27. The third-order valence-corrected chi connectivity index (χ3v) is 4.73. The molecular weight excluding hydrogens is 320 g/mol. The lowest BCUT2D eigenvalue weighted by atomic mass is 10.0. The molecule has 3 rings (SSSR count). The van der Waals surface area contributed by atoms with E-state index in [0.29, 0.717) is 6.42 Å². The topological polar surface area (TPSA) is 34.0 Å². The molecule has 2 unspecified atom stereocenters. The fourth-order valence-corrected chi connectivity index (χ4v) is 3.22. The summed E-state index contributed by atoms with van der Waals surface area (Å²) in [6.45, 7) is 2.12. The molecule has 1 heterocycles. The lowest BCUT2D eigenvalue weighted by molar-refractivity contribution is -0.125. The average Bonchev–Trinajstić information content (AvgIpc) is 3.21. The van der Waals surface area contributed by atoms with Crippen LogP contribution in [0.3, 0.4) is 0 Å². The van der Waals surface area contributed by atoms with Crippen LogP contribution in [0.4, 0.5) is 0 Å². The molecule has 0 saturated carbocycles. The zero-order valence-electron chi connectivity index (χ0n) is 15.2. The van der Waals surface area contributed by atoms with E-state index in [1.807, 2.05) is 65.5 Å². The van der Waals surface area contributed by atoms with Crippen molar-refractivity contribution < 1.29 is 4.79 Å². The normalized spacial score (nSPS) is 13.1. The van der Waals surface area contributed by atoms with Crippen LogP contribution in [0.1, 0.15) is 30.5 Å². The molecule has 0 bridgehead atoms. The third kappa shape index (κ3) is 4.85. The van der Waals surface area contributed by atoms with Gasteiger partial charge >= 0.3 is 0 Å². The molecule has 0 radical (unpaired) electrons. The number of carbonyl (C=O) groups is 1. The van der Waals surface area contributed by atoms with Gasteiger partial charge in [-0.1, -0.05) is 67.6 Å². The maximum Gasteiger partial charge on any atom is 0.243 e. The second-order valence-corrected chi connectivity index (χ2v) is 6.64. The highest BCUT2D eigenvalue weighted by molar-refractivity contribution is 5.81. The Labute approximate surface area is 155 Å². The molecule has 0 aliphatic rings. The van der Waals surface area contributed by atoms with Crippen molar-refractivity contribution >= 4 is 5.91 Å². The van der Waals surface area contributed by atoms with E-state index in [0.717, 1.165) is 18.4 Å². The van der Waals surface area contributed by atoms with Crippen molar-refractivity contribution in [3.8, 4) is 0 Å². The summed E-state index contributed by atoms with van der Waals surface area (Å²) in [7, 11) is 0. The number of hydrogen-bond donors (Lipinski definition) is 1. The van der Waals surface area contributed by atoms with Crippen LogP contribution in [-0.4, -0.2) is 16.5 Å². The quantitative estimate of drug-likeness (QED) is 0.644. The van der Waals surface area contributed by atoms with Crippen LogP contribution in [-0.2, 0) is 17.6 Å². The molecule has 0 aliphatic carbocycles. The minimum absolute atomic E-state index is 0.0767. The molecule has 0 fully saturated rings. The molecule has 134 valence electrons. The van der Waals surface area contributed by atoms with Crippen molar-refractivity contribution in [3.63, 3.8) is 0 Å². The molecule has 3 heteroatoms. The summed E-state index contributed by atoms with van der Waals surface area (Å²) in [6.07, 6.45) is 6.37. The van der Waals surface area contributed by atoms with Gasteiger partial charge in [0.1, 0.15) is 6.04 Å². The molecule has 3 aromatic rings. The largest absolute Gasteiger partial charge is 0.351 e. The Hall–Kier alpha value is -2.81. The molecule has 1 amide bonds. The van der Waals surface area contributed by atoms with Crippen LogP contribution in [0.2, 0.25) is 0 Å². The molecule has 3 nitrogen and oxygen atoms in total. The van der Waals surface area contributed by atoms with E-state index in [9.17, 15) is 4.79 Å². The van der Waals surface area contributed by atoms with Crippen molar-refractivity contribution in [2.75, 3.05) is 0 Å². The number of carbonyl (C=O) groups excluding carboxylic acids is 1. The molecule has 2 atom stereocenters. The van der Waals surface area contributed by atoms with E-state index >= 15 is 0 Å². The van der Waals surface area contributed by atoms with Gasteiger partial charge < -0.3 is 9.88 Å².